The van der Waals surface area contributed by atoms with E-state index >= 15 is 0 Å². The molecule has 4 rings (SSSR count). The fraction of sp³-hybridized carbons (Fsp3) is 0.276. The first-order valence-electron chi connectivity index (χ1n) is 12.3. The van der Waals surface area contributed by atoms with Gasteiger partial charge in [-0.2, -0.15) is 5.10 Å². The van der Waals surface area contributed by atoms with Crippen LogP contribution in [0.1, 0.15) is 39.2 Å². The van der Waals surface area contributed by atoms with Crippen LogP contribution in [0.3, 0.4) is 0 Å². The molecule has 198 valence electrons. The van der Waals surface area contributed by atoms with Gasteiger partial charge in [0.1, 0.15) is 5.75 Å². The average molecular weight is 536 g/mol. The summed E-state index contributed by atoms with van der Waals surface area (Å²) in [5.41, 5.74) is 4.49. The van der Waals surface area contributed by atoms with Crippen LogP contribution in [0.4, 0.5) is 0 Å². The van der Waals surface area contributed by atoms with Gasteiger partial charge in [0.15, 0.2) is 0 Å². The molecule has 1 aliphatic heterocycles. The molecule has 1 aliphatic rings. The van der Waals surface area contributed by atoms with Crippen LogP contribution >= 0.6 is 11.6 Å². The second-order valence-electron chi connectivity index (χ2n) is 8.64. The zero-order valence-corrected chi connectivity index (χ0v) is 22.8. The van der Waals surface area contributed by atoms with Gasteiger partial charge in [0.05, 0.1) is 53.8 Å². The molecular weight excluding hydrogens is 506 g/mol. The molecule has 0 saturated heterocycles. The third kappa shape index (κ3) is 5.17. The van der Waals surface area contributed by atoms with Crippen molar-refractivity contribution in [1.29, 1.82) is 0 Å². The monoisotopic (exact) mass is 535 g/mol. The quantitative estimate of drug-likeness (QED) is 0.377. The molecule has 0 bridgehead atoms. The summed E-state index contributed by atoms with van der Waals surface area (Å²) < 4.78 is 17.9. The largest absolute Gasteiger partial charge is 0.495 e. The Hall–Kier alpha value is -4.04. The molecule has 0 radical (unpaired) electrons. The third-order valence-electron chi connectivity index (χ3n) is 6.25. The molecular formula is C29H30ClN3O5. The predicted molar refractivity (Wildman–Crippen MR) is 145 cm³/mol. The number of methoxy groups -OCH3 is 1. The number of ether oxygens (including phenoxy) is 3. The van der Waals surface area contributed by atoms with Crippen LogP contribution in [-0.4, -0.2) is 42.0 Å². The number of carbonyl (C=O) groups excluding carboxylic acids is 2. The number of aromatic nitrogens is 2. The molecule has 0 unspecified atom stereocenters. The van der Waals surface area contributed by atoms with Crippen LogP contribution in [0.25, 0.3) is 16.9 Å². The zero-order valence-electron chi connectivity index (χ0n) is 22.0. The maximum Gasteiger partial charge on any atom is 0.336 e. The fourth-order valence-corrected chi connectivity index (χ4v) is 4.87. The van der Waals surface area contributed by atoms with Gasteiger partial charge in [0.25, 0.3) is 0 Å². The molecule has 8 nitrogen and oxygen atoms in total. The van der Waals surface area contributed by atoms with E-state index in [1.54, 1.807) is 51.6 Å². The predicted octanol–water partition coefficient (Wildman–Crippen LogP) is 5.56. The van der Waals surface area contributed by atoms with Crippen molar-refractivity contribution in [2.75, 3.05) is 20.3 Å². The van der Waals surface area contributed by atoms with Crippen LogP contribution in [0.15, 0.2) is 77.3 Å². The lowest BCUT2D eigenvalue weighted by Gasteiger charge is -2.30. The first-order valence-corrected chi connectivity index (χ1v) is 12.7. The van der Waals surface area contributed by atoms with Crippen LogP contribution < -0.4 is 10.1 Å². The molecule has 1 aromatic heterocycles. The lowest BCUT2D eigenvalue weighted by Crippen LogP contribution is -2.32. The molecule has 1 N–H and O–H groups in total. The maximum absolute atomic E-state index is 13.3. The molecule has 0 spiro atoms. The van der Waals surface area contributed by atoms with E-state index in [4.69, 9.17) is 30.9 Å². The van der Waals surface area contributed by atoms with Crippen LogP contribution in [0.5, 0.6) is 5.75 Å². The summed E-state index contributed by atoms with van der Waals surface area (Å²) in [5, 5.41) is 8.48. The minimum Gasteiger partial charge on any atom is -0.495 e. The van der Waals surface area contributed by atoms with E-state index in [1.807, 2.05) is 42.6 Å². The Morgan fingerprint density at radius 2 is 1.58 bits per heavy atom. The van der Waals surface area contributed by atoms with Gasteiger partial charge in [0.2, 0.25) is 0 Å². The van der Waals surface area contributed by atoms with Crippen molar-refractivity contribution in [3.63, 3.8) is 0 Å². The second-order valence-corrected chi connectivity index (χ2v) is 9.05. The highest BCUT2D eigenvalue weighted by atomic mass is 35.5. The number of allylic oxidation sites excluding steroid dienone is 2. The number of hydrogen-bond donors (Lipinski definition) is 1. The highest BCUT2D eigenvalue weighted by molar-refractivity contribution is 6.32. The molecule has 0 amide bonds. The van der Waals surface area contributed by atoms with Gasteiger partial charge in [0, 0.05) is 28.7 Å². The van der Waals surface area contributed by atoms with Gasteiger partial charge in [-0.15, -0.1) is 0 Å². The highest BCUT2D eigenvalue weighted by Gasteiger charge is 2.40. The number of benzene rings is 2. The Kier molecular flexibility index (Phi) is 8.22. The third-order valence-corrected chi connectivity index (χ3v) is 6.55. The molecule has 2 heterocycles. The van der Waals surface area contributed by atoms with Crippen LogP contribution in [-0.2, 0) is 19.1 Å². The van der Waals surface area contributed by atoms with Crippen molar-refractivity contribution in [1.82, 2.24) is 15.1 Å². The summed E-state index contributed by atoms with van der Waals surface area (Å²) in [6, 6.07) is 14.9. The van der Waals surface area contributed by atoms with Gasteiger partial charge in [-0.25, -0.2) is 14.3 Å². The van der Waals surface area contributed by atoms with E-state index in [9.17, 15) is 9.59 Å². The van der Waals surface area contributed by atoms with Crippen molar-refractivity contribution in [3.8, 4) is 22.7 Å². The molecule has 2 aromatic carbocycles. The van der Waals surface area contributed by atoms with Crippen LogP contribution in [0.2, 0.25) is 5.02 Å². The Morgan fingerprint density at radius 3 is 2.11 bits per heavy atom. The van der Waals surface area contributed by atoms with Crippen LogP contribution in [0, 0.1) is 0 Å². The lowest BCUT2D eigenvalue weighted by atomic mass is 9.79. The van der Waals surface area contributed by atoms with Gasteiger partial charge in [-0.05, 0) is 58.0 Å². The van der Waals surface area contributed by atoms with Gasteiger partial charge < -0.3 is 19.5 Å². The molecule has 0 saturated carbocycles. The second kappa shape index (κ2) is 11.6. The van der Waals surface area contributed by atoms with E-state index in [2.05, 4.69) is 5.32 Å². The van der Waals surface area contributed by atoms with Gasteiger partial charge in [-0.3, -0.25) is 0 Å². The van der Waals surface area contributed by atoms with E-state index < -0.39 is 17.9 Å². The van der Waals surface area contributed by atoms with Crippen molar-refractivity contribution in [2.24, 2.45) is 0 Å². The summed E-state index contributed by atoms with van der Waals surface area (Å²) in [4.78, 5) is 26.7. The molecule has 38 heavy (non-hydrogen) atoms. The fourth-order valence-electron chi connectivity index (χ4n) is 4.61. The number of carbonyl (C=O) groups is 2. The number of nitrogens with zero attached hydrogens (tertiary/aromatic N) is 2. The Labute approximate surface area is 226 Å². The Balaban J connectivity index is 2.02. The first kappa shape index (κ1) is 27.0. The van der Waals surface area contributed by atoms with E-state index in [-0.39, 0.29) is 13.2 Å². The zero-order chi connectivity index (χ0) is 27.4. The standard InChI is InChI=1S/C29H30ClN3O5/c1-6-37-28(34)24-17(3)31-18(4)25(29(35)38-7-2)26(24)21-16-33(20-11-9-8-10-12-20)32-27(21)19-13-14-23(36-5)22(30)15-19/h8-16,26,31H,6-7H2,1-5H3. The minimum atomic E-state index is -0.803. The smallest absolute Gasteiger partial charge is 0.336 e. The maximum atomic E-state index is 13.3. The van der Waals surface area contributed by atoms with Gasteiger partial charge in [-0.1, -0.05) is 29.8 Å². The molecule has 3 aromatic rings. The Bertz CT molecular complexity index is 1390. The average Bonchev–Trinajstić information content (AvgIpc) is 3.34. The first-order chi connectivity index (χ1) is 18.3. The topological polar surface area (TPSA) is 91.7 Å². The molecule has 0 atom stereocenters. The van der Waals surface area contributed by atoms with Crippen molar-refractivity contribution in [2.45, 2.75) is 33.6 Å². The number of halogens is 1. The number of para-hydroxylation sites is 1. The molecule has 0 fully saturated rings. The number of hydrogen-bond acceptors (Lipinski definition) is 7. The summed E-state index contributed by atoms with van der Waals surface area (Å²) in [5.74, 6) is -1.33. The number of nitrogens with one attached hydrogen (secondary N) is 1. The molecule has 9 heteroatoms. The summed E-state index contributed by atoms with van der Waals surface area (Å²) >= 11 is 6.49. The van der Waals surface area contributed by atoms with E-state index in [1.165, 1.54) is 0 Å². The number of rotatable bonds is 8. The van der Waals surface area contributed by atoms with E-state index in [0.29, 0.717) is 50.1 Å². The van der Waals surface area contributed by atoms with Gasteiger partial charge >= 0.3 is 11.9 Å². The SMILES string of the molecule is CCOC(=O)C1=C(C)NC(C)=C(C(=O)OCC)C1c1cn(-c2ccccc2)nc1-c1ccc(OC)c(Cl)c1. The summed E-state index contributed by atoms with van der Waals surface area (Å²) in [6.45, 7) is 7.43. The highest BCUT2D eigenvalue weighted by Crippen LogP contribution is 2.44. The minimum absolute atomic E-state index is 0.185. The summed E-state index contributed by atoms with van der Waals surface area (Å²) in [6.07, 6.45) is 1.83. The summed E-state index contributed by atoms with van der Waals surface area (Å²) in [7, 11) is 1.55. The Morgan fingerprint density at radius 1 is 0.974 bits per heavy atom. The normalized spacial score (nSPS) is 13.8. The van der Waals surface area contributed by atoms with Crippen molar-refractivity contribution in [3.05, 3.63) is 87.9 Å². The molecule has 0 aliphatic carbocycles. The van der Waals surface area contributed by atoms with Crippen molar-refractivity contribution >= 4 is 23.5 Å². The number of dihydropyridines is 1. The van der Waals surface area contributed by atoms with Crippen molar-refractivity contribution < 1.29 is 23.8 Å². The number of esters is 2. The van der Waals surface area contributed by atoms with E-state index in [0.717, 1.165) is 5.69 Å². The lowest BCUT2D eigenvalue weighted by molar-refractivity contribution is -0.139.